The molecule has 0 spiro atoms. The van der Waals surface area contributed by atoms with E-state index in [0.29, 0.717) is 17.6 Å². The fraction of sp³-hybridized carbons (Fsp3) is 0.730. The van der Waals surface area contributed by atoms with E-state index in [1.165, 1.54) is 13.2 Å². The number of allylic oxidation sites excluding steroid dienone is 1. The van der Waals surface area contributed by atoms with Crippen molar-refractivity contribution in [3.63, 3.8) is 0 Å². The summed E-state index contributed by atoms with van der Waals surface area (Å²) in [7, 11) is 1.49. The predicted molar refractivity (Wildman–Crippen MR) is 191 cm³/mol. The van der Waals surface area contributed by atoms with Gasteiger partial charge in [0, 0.05) is 13.3 Å². The second kappa shape index (κ2) is 19.9. The zero-order valence-electron chi connectivity index (χ0n) is 31.8. The fourth-order valence-electron chi connectivity index (χ4n) is 6.76. The standard InChI is InChI=1S/C37H58N2O16/c1-16(2)18(4)13-17(3)7-12-25(43)39-27-31(47)28(44)23(52-36(27)55-35-26(38-19(5)41)30(46)29(45)24(15-40)53-35)14-22(42)34-32(48)33(49)37(54-34)51-21-10-8-20(50-6)9-11-21/h7-12,16-18,22-24,26-37,40,42,44-49H,13-15H2,1-6H3,(H,38,41)(H,39,43)/b12-7+/t17?,18?,22-,23-,24+,26?,27?,28?,29?,30?,31?,32+,33-,34?,35-,36+,37-/m1/s1. The molecule has 3 fully saturated rings. The lowest BCUT2D eigenvalue weighted by atomic mass is 9.88. The van der Waals surface area contributed by atoms with Crippen molar-refractivity contribution in [1.29, 1.82) is 0 Å². The van der Waals surface area contributed by atoms with Crippen LogP contribution >= 0.6 is 0 Å². The highest BCUT2D eigenvalue weighted by Crippen LogP contribution is 2.33. The highest BCUT2D eigenvalue weighted by molar-refractivity contribution is 5.87. The van der Waals surface area contributed by atoms with Crippen LogP contribution in [0, 0.1) is 17.8 Å². The zero-order chi connectivity index (χ0) is 40.7. The molecule has 9 unspecified atom stereocenters. The minimum Gasteiger partial charge on any atom is -0.497 e. The van der Waals surface area contributed by atoms with Crippen molar-refractivity contribution < 1.29 is 78.9 Å². The van der Waals surface area contributed by atoms with E-state index in [0.717, 1.165) is 13.3 Å². The lowest BCUT2D eigenvalue weighted by molar-refractivity contribution is -0.347. The summed E-state index contributed by atoms with van der Waals surface area (Å²) in [6.07, 6.45) is -17.6. The molecule has 3 heterocycles. The summed E-state index contributed by atoms with van der Waals surface area (Å²) >= 11 is 0. The average Bonchev–Trinajstić information content (AvgIpc) is 3.42. The number of benzene rings is 1. The molecule has 312 valence electrons. The number of ether oxygens (including phenoxy) is 6. The van der Waals surface area contributed by atoms with Gasteiger partial charge < -0.3 is 79.9 Å². The Morgan fingerprint density at radius 1 is 0.782 bits per heavy atom. The van der Waals surface area contributed by atoms with E-state index in [1.807, 2.05) is 6.92 Å². The Labute approximate surface area is 319 Å². The first kappa shape index (κ1) is 44.7. The lowest BCUT2D eigenvalue weighted by Gasteiger charge is -2.47. The first-order valence-corrected chi connectivity index (χ1v) is 18.5. The third kappa shape index (κ3) is 11.3. The van der Waals surface area contributed by atoms with Crippen LogP contribution in [0.15, 0.2) is 36.4 Å². The summed E-state index contributed by atoms with van der Waals surface area (Å²) in [6.45, 7) is 8.65. The number of aliphatic hydroxyl groups excluding tert-OH is 8. The van der Waals surface area contributed by atoms with Gasteiger partial charge in [0.1, 0.15) is 72.4 Å². The molecule has 10 N–H and O–H groups in total. The maximum atomic E-state index is 13.2. The van der Waals surface area contributed by atoms with Crippen LogP contribution in [-0.2, 0) is 28.5 Å². The molecule has 1 aromatic carbocycles. The second-order valence-electron chi connectivity index (χ2n) is 15.0. The van der Waals surface area contributed by atoms with Gasteiger partial charge in [0.05, 0.1) is 25.9 Å². The molecule has 3 aliphatic rings. The maximum absolute atomic E-state index is 13.2. The highest BCUT2D eigenvalue weighted by Gasteiger charge is 2.53. The topological polar surface area (TPSA) is 275 Å². The number of carbonyl (C=O) groups excluding carboxylic acids is 2. The summed E-state index contributed by atoms with van der Waals surface area (Å²) in [4.78, 5) is 25.3. The predicted octanol–water partition coefficient (Wildman–Crippen LogP) is -1.96. The van der Waals surface area contributed by atoms with Crippen molar-refractivity contribution in [3.8, 4) is 11.5 Å². The molecule has 0 bridgehead atoms. The van der Waals surface area contributed by atoms with Crippen LogP contribution in [0.1, 0.15) is 47.5 Å². The van der Waals surface area contributed by atoms with Crippen LogP contribution in [0.25, 0.3) is 0 Å². The number of nitrogens with one attached hydrogen (secondary N) is 2. The van der Waals surface area contributed by atoms with Crippen LogP contribution in [0.5, 0.6) is 11.5 Å². The molecule has 0 saturated carbocycles. The Kier molecular flexibility index (Phi) is 16.2. The molecule has 17 atom stereocenters. The number of carbonyl (C=O) groups is 2. The van der Waals surface area contributed by atoms with Gasteiger partial charge in [-0.2, -0.15) is 0 Å². The quantitative estimate of drug-likeness (QED) is 0.0815. The van der Waals surface area contributed by atoms with Gasteiger partial charge in [-0.25, -0.2) is 0 Å². The van der Waals surface area contributed by atoms with Gasteiger partial charge in [-0.15, -0.1) is 0 Å². The lowest BCUT2D eigenvalue weighted by Crippen LogP contribution is -2.68. The molecule has 4 rings (SSSR count). The van der Waals surface area contributed by atoms with Crippen LogP contribution in [0.2, 0.25) is 0 Å². The van der Waals surface area contributed by atoms with Gasteiger partial charge in [0.2, 0.25) is 18.1 Å². The van der Waals surface area contributed by atoms with Crippen molar-refractivity contribution in [2.75, 3.05) is 13.7 Å². The van der Waals surface area contributed by atoms with E-state index in [9.17, 15) is 50.4 Å². The van der Waals surface area contributed by atoms with Gasteiger partial charge >= 0.3 is 0 Å². The summed E-state index contributed by atoms with van der Waals surface area (Å²) in [6, 6.07) is 3.36. The molecule has 55 heavy (non-hydrogen) atoms. The molecule has 18 heteroatoms. The van der Waals surface area contributed by atoms with Crippen LogP contribution in [-0.4, -0.2) is 158 Å². The maximum Gasteiger partial charge on any atom is 0.244 e. The Hall–Kier alpha value is -2.98. The average molecular weight is 787 g/mol. The molecule has 0 aliphatic carbocycles. The smallest absolute Gasteiger partial charge is 0.244 e. The fourth-order valence-corrected chi connectivity index (χ4v) is 6.76. The molecule has 18 nitrogen and oxygen atoms in total. The minimum atomic E-state index is -1.81. The van der Waals surface area contributed by atoms with Crippen LogP contribution < -0.4 is 20.1 Å². The van der Waals surface area contributed by atoms with Gasteiger partial charge in [-0.1, -0.05) is 33.8 Å². The third-order valence-electron chi connectivity index (χ3n) is 10.4. The number of hydrogen-bond acceptors (Lipinski definition) is 16. The van der Waals surface area contributed by atoms with Gasteiger partial charge in [-0.3, -0.25) is 9.59 Å². The Bertz CT molecular complexity index is 1400. The molecule has 0 radical (unpaired) electrons. The van der Waals surface area contributed by atoms with Crippen molar-refractivity contribution in [1.82, 2.24) is 10.6 Å². The Balaban J connectivity index is 1.54. The molecule has 1 aromatic rings. The molecule has 3 aliphatic heterocycles. The van der Waals surface area contributed by atoms with Crippen molar-refractivity contribution >= 4 is 11.8 Å². The molecule has 2 amide bonds. The number of rotatable bonds is 16. The van der Waals surface area contributed by atoms with Gasteiger partial charge in [-0.05, 0) is 54.5 Å². The number of aliphatic hydroxyl groups is 8. The summed E-state index contributed by atoms with van der Waals surface area (Å²) < 4.78 is 34.2. The number of amides is 2. The number of hydrogen-bond donors (Lipinski definition) is 10. The SMILES string of the molecule is COc1ccc(O[C@@H]2OC([C@H](O)C[C@H]3O[C@@H](O[C@H]4O[C@@H](CO)C(O)C(O)C4NC(C)=O)C(NC(=O)/C=C/C(C)CC(C)C(C)C)C(O)C3O)[C@@H](O)[C@H]2O)cc1. The highest BCUT2D eigenvalue weighted by atomic mass is 16.8. The summed E-state index contributed by atoms with van der Waals surface area (Å²) in [5.41, 5.74) is 0. The zero-order valence-corrected chi connectivity index (χ0v) is 31.8. The number of methoxy groups -OCH3 is 1. The molecular formula is C37H58N2O16. The van der Waals surface area contributed by atoms with E-state index >= 15 is 0 Å². The molecule has 0 aromatic heterocycles. The third-order valence-corrected chi connectivity index (χ3v) is 10.4. The van der Waals surface area contributed by atoms with Crippen molar-refractivity contribution in [2.45, 2.75) is 139 Å². The summed E-state index contributed by atoms with van der Waals surface area (Å²) in [5.74, 6) is 0.330. The van der Waals surface area contributed by atoms with E-state index in [-0.39, 0.29) is 11.7 Å². The van der Waals surface area contributed by atoms with E-state index in [1.54, 1.807) is 30.3 Å². The monoisotopic (exact) mass is 786 g/mol. The van der Waals surface area contributed by atoms with E-state index < -0.39 is 117 Å². The Morgan fingerprint density at radius 3 is 1.91 bits per heavy atom. The molecular weight excluding hydrogens is 728 g/mol. The van der Waals surface area contributed by atoms with Crippen LogP contribution in [0.4, 0.5) is 0 Å². The first-order valence-electron chi connectivity index (χ1n) is 18.5. The molecule has 3 saturated heterocycles. The van der Waals surface area contributed by atoms with E-state index in [2.05, 4.69) is 31.4 Å². The van der Waals surface area contributed by atoms with E-state index in [4.69, 9.17) is 28.4 Å². The van der Waals surface area contributed by atoms with Crippen molar-refractivity contribution in [2.24, 2.45) is 17.8 Å². The van der Waals surface area contributed by atoms with Crippen molar-refractivity contribution in [3.05, 3.63) is 36.4 Å². The normalized spacial score (nSPS) is 37.0. The Morgan fingerprint density at radius 2 is 1.35 bits per heavy atom. The van der Waals surface area contributed by atoms with Gasteiger partial charge in [0.15, 0.2) is 12.6 Å². The largest absolute Gasteiger partial charge is 0.497 e. The van der Waals surface area contributed by atoms with Crippen LogP contribution in [0.3, 0.4) is 0 Å². The van der Waals surface area contributed by atoms with Gasteiger partial charge in [0.25, 0.3) is 0 Å². The summed E-state index contributed by atoms with van der Waals surface area (Å²) in [5, 5.41) is 91.5. The first-order chi connectivity index (χ1) is 25.9. The second-order valence-corrected chi connectivity index (χ2v) is 15.0. The minimum absolute atomic E-state index is 0.0180.